The molecule has 0 aliphatic rings. The Kier molecular flexibility index (Phi) is 4.62. The highest BCUT2D eigenvalue weighted by Gasteiger charge is 2.09. The second kappa shape index (κ2) is 7.03. The molecule has 130 valence electrons. The number of hydrogen-bond acceptors (Lipinski definition) is 4. The molecular weight excluding hydrogens is 328 g/mol. The number of benzene rings is 4. The van der Waals surface area contributed by atoms with Gasteiger partial charge in [0.1, 0.15) is 5.75 Å². The van der Waals surface area contributed by atoms with Crippen molar-refractivity contribution >= 4 is 38.9 Å². The summed E-state index contributed by atoms with van der Waals surface area (Å²) in [6.45, 7) is 0. The van der Waals surface area contributed by atoms with E-state index < -0.39 is 5.97 Å². The van der Waals surface area contributed by atoms with Crippen molar-refractivity contribution in [2.45, 2.75) is 0 Å². The van der Waals surface area contributed by atoms with E-state index in [-0.39, 0.29) is 11.3 Å². The van der Waals surface area contributed by atoms with Crippen molar-refractivity contribution in [2.24, 2.45) is 0 Å². The number of aromatic hydroxyl groups is 1. The van der Waals surface area contributed by atoms with Crippen molar-refractivity contribution in [3.63, 3.8) is 0 Å². The zero-order valence-electron chi connectivity index (χ0n) is 13.9. The summed E-state index contributed by atoms with van der Waals surface area (Å²) in [4.78, 5) is 10.9. The SMILES string of the molecule is Nc1c(O)ccc2ccccc12.Nc1cccc2cccc(C(=O)O)c12. The number of nitrogen functional groups attached to an aromatic ring is 2. The first kappa shape index (κ1) is 17.1. The van der Waals surface area contributed by atoms with Gasteiger partial charge in [-0.1, -0.05) is 54.6 Å². The number of hydrogen-bond donors (Lipinski definition) is 4. The van der Waals surface area contributed by atoms with Gasteiger partial charge in [0.25, 0.3) is 0 Å². The lowest BCUT2D eigenvalue weighted by atomic mass is 10.0. The third-order valence-electron chi connectivity index (χ3n) is 4.12. The molecule has 4 aromatic rings. The molecule has 0 unspecified atom stereocenters. The number of fused-ring (bicyclic) bond motifs is 2. The van der Waals surface area contributed by atoms with Crippen LogP contribution in [0.5, 0.6) is 5.75 Å². The Morgan fingerprint density at radius 3 is 2.15 bits per heavy atom. The summed E-state index contributed by atoms with van der Waals surface area (Å²) in [6, 6.07) is 21.6. The minimum atomic E-state index is -0.950. The van der Waals surface area contributed by atoms with E-state index in [0.717, 1.165) is 16.2 Å². The maximum atomic E-state index is 10.9. The number of carbonyl (C=O) groups is 1. The molecular formula is C21H18N2O3. The van der Waals surface area contributed by atoms with Crippen LogP contribution in [-0.4, -0.2) is 16.2 Å². The van der Waals surface area contributed by atoms with Gasteiger partial charge in [0.2, 0.25) is 0 Å². The molecule has 5 heteroatoms. The van der Waals surface area contributed by atoms with Gasteiger partial charge in [-0.15, -0.1) is 0 Å². The van der Waals surface area contributed by atoms with E-state index in [9.17, 15) is 9.90 Å². The predicted octanol–water partition coefficient (Wildman–Crippen LogP) is 4.25. The Balaban J connectivity index is 0.000000152. The normalized spacial score (nSPS) is 10.3. The Bertz CT molecular complexity index is 1100. The standard InChI is InChI=1S/C11H9NO2.C10H9NO/c12-9-6-2-4-7-3-1-5-8(10(7)9)11(13)14;11-10-8-4-2-1-3-7(8)5-6-9(10)12/h1-6H,12H2,(H,13,14);1-6,12H,11H2. The highest BCUT2D eigenvalue weighted by atomic mass is 16.4. The maximum Gasteiger partial charge on any atom is 0.336 e. The van der Waals surface area contributed by atoms with Crippen molar-refractivity contribution in [2.75, 3.05) is 11.5 Å². The topological polar surface area (TPSA) is 110 Å². The summed E-state index contributed by atoms with van der Waals surface area (Å²) in [7, 11) is 0. The monoisotopic (exact) mass is 346 g/mol. The largest absolute Gasteiger partial charge is 0.506 e. The summed E-state index contributed by atoms with van der Waals surface area (Å²) in [5.41, 5.74) is 12.6. The van der Waals surface area contributed by atoms with E-state index in [1.54, 1.807) is 24.3 Å². The van der Waals surface area contributed by atoms with Crippen LogP contribution in [0.2, 0.25) is 0 Å². The molecule has 0 aliphatic heterocycles. The molecule has 0 amide bonds. The summed E-state index contributed by atoms with van der Waals surface area (Å²) in [5, 5.41) is 21.7. The molecule has 0 aliphatic carbocycles. The number of nitrogens with two attached hydrogens (primary N) is 2. The Morgan fingerprint density at radius 1 is 0.769 bits per heavy atom. The Hall–Kier alpha value is -3.73. The molecule has 0 saturated heterocycles. The molecule has 0 saturated carbocycles. The zero-order valence-corrected chi connectivity index (χ0v) is 13.9. The fourth-order valence-electron chi connectivity index (χ4n) is 2.83. The average Bonchev–Trinajstić information content (AvgIpc) is 2.65. The van der Waals surface area contributed by atoms with Gasteiger partial charge in [0.15, 0.2) is 0 Å². The molecule has 4 aromatic carbocycles. The number of phenolic OH excluding ortho intramolecular Hbond substituents is 1. The van der Waals surface area contributed by atoms with Crippen molar-refractivity contribution in [1.82, 2.24) is 0 Å². The molecule has 4 rings (SSSR count). The van der Waals surface area contributed by atoms with Crippen molar-refractivity contribution in [3.8, 4) is 5.75 Å². The van der Waals surface area contributed by atoms with Gasteiger partial charge in [-0.3, -0.25) is 0 Å². The van der Waals surface area contributed by atoms with Gasteiger partial charge in [0.05, 0.1) is 11.3 Å². The predicted molar refractivity (Wildman–Crippen MR) is 105 cm³/mol. The second-order valence-corrected chi connectivity index (χ2v) is 5.78. The zero-order chi connectivity index (χ0) is 18.7. The number of anilines is 2. The minimum Gasteiger partial charge on any atom is -0.506 e. The molecule has 26 heavy (non-hydrogen) atoms. The van der Waals surface area contributed by atoms with Crippen LogP contribution in [0.15, 0.2) is 72.8 Å². The number of aromatic carboxylic acids is 1. The van der Waals surface area contributed by atoms with Crippen LogP contribution >= 0.6 is 0 Å². The molecule has 0 atom stereocenters. The van der Waals surface area contributed by atoms with E-state index in [1.165, 1.54) is 0 Å². The fourth-order valence-corrected chi connectivity index (χ4v) is 2.83. The van der Waals surface area contributed by atoms with E-state index >= 15 is 0 Å². The van der Waals surface area contributed by atoms with Gasteiger partial charge in [-0.2, -0.15) is 0 Å². The first-order valence-electron chi connectivity index (χ1n) is 7.95. The quantitative estimate of drug-likeness (QED) is 0.304. The van der Waals surface area contributed by atoms with Gasteiger partial charge in [-0.05, 0) is 29.0 Å². The van der Waals surface area contributed by atoms with Gasteiger partial charge < -0.3 is 21.7 Å². The maximum absolute atomic E-state index is 10.9. The first-order chi connectivity index (χ1) is 12.5. The molecule has 6 N–H and O–H groups in total. The summed E-state index contributed by atoms with van der Waals surface area (Å²) in [6.07, 6.45) is 0. The lowest BCUT2D eigenvalue weighted by Gasteiger charge is -2.04. The van der Waals surface area contributed by atoms with Crippen LogP contribution in [0, 0.1) is 0 Å². The molecule has 0 radical (unpaired) electrons. The van der Waals surface area contributed by atoms with Crippen LogP contribution in [0.25, 0.3) is 21.5 Å². The lowest BCUT2D eigenvalue weighted by molar-refractivity contribution is 0.0699. The number of carboxylic acids is 1. The van der Waals surface area contributed by atoms with Crippen molar-refractivity contribution in [1.29, 1.82) is 0 Å². The molecule has 0 spiro atoms. The number of rotatable bonds is 1. The van der Waals surface area contributed by atoms with Crippen LogP contribution < -0.4 is 11.5 Å². The molecule has 0 heterocycles. The van der Waals surface area contributed by atoms with E-state index in [0.29, 0.717) is 16.8 Å². The van der Waals surface area contributed by atoms with E-state index in [4.69, 9.17) is 16.6 Å². The molecule has 5 nitrogen and oxygen atoms in total. The summed E-state index contributed by atoms with van der Waals surface area (Å²) in [5.74, 6) is -0.804. The average molecular weight is 346 g/mol. The third kappa shape index (κ3) is 3.23. The second-order valence-electron chi connectivity index (χ2n) is 5.78. The minimum absolute atomic E-state index is 0.147. The van der Waals surface area contributed by atoms with Crippen molar-refractivity contribution < 1.29 is 15.0 Å². The summed E-state index contributed by atoms with van der Waals surface area (Å²) >= 11 is 0. The van der Waals surface area contributed by atoms with Gasteiger partial charge >= 0.3 is 5.97 Å². The lowest BCUT2D eigenvalue weighted by Crippen LogP contribution is -1.99. The van der Waals surface area contributed by atoms with E-state index in [2.05, 4.69) is 0 Å². The van der Waals surface area contributed by atoms with Crippen LogP contribution in [-0.2, 0) is 0 Å². The summed E-state index contributed by atoms with van der Waals surface area (Å²) < 4.78 is 0. The molecule has 0 bridgehead atoms. The number of carboxylic acid groups (broad SMARTS) is 1. The highest BCUT2D eigenvalue weighted by Crippen LogP contribution is 2.28. The Labute approximate surface area is 150 Å². The van der Waals surface area contributed by atoms with Crippen LogP contribution in [0.1, 0.15) is 10.4 Å². The first-order valence-corrected chi connectivity index (χ1v) is 7.95. The van der Waals surface area contributed by atoms with Crippen molar-refractivity contribution in [3.05, 3.63) is 78.4 Å². The van der Waals surface area contributed by atoms with E-state index in [1.807, 2.05) is 48.5 Å². The number of phenols is 1. The van der Waals surface area contributed by atoms with Crippen LogP contribution in [0.3, 0.4) is 0 Å². The third-order valence-corrected chi connectivity index (χ3v) is 4.12. The van der Waals surface area contributed by atoms with Gasteiger partial charge in [0, 0.05) is 16.5 Å². The smallest absolute Gasteiger partial charge is 0.336 e. The molecule has 0 aromatic heterocycles. The van der Waals surface area contributed by atoms with Gasteiger partial charge in [-0.25, -0.2) is 4.79 Å². The fraction of sp³-hybridized carbons (Fsp3) is 0. The Morgan fingerprint density at radius 2 is 1.42 bits per heavy atom. The molecule has 0 fully saturated rings. The van der Waals surface area contributed by atoms with Crippen LogP contribution in [0.4, 0.5) is 11.4 Å². The highest BCUT2D eigenvalue weighted by molar-refractivity contribution is 6.08.